The number of likely N-dealkylation sites (tertiary alicyclic amines) is 1. The summed E-state index contributed by atoms with van der Waals surface area (Å²) in [4.78, 5) is 14.8. The van der Waals surface area contributed by atoms with E-state index >= 15 is 0 Å². The van der Waals surface area contributed by atoms with Crippen LogP contribution in [0.2, 0.25) is 0 Å². The fourth-order valence-corrected chi connectivity index (χ4v) is 4.83. The van der Waals surface area contributed by atoms with Gasteiger partial charge in [-0.1, -0.05) is 6.42 Å². The van der Waals surface area contributed by atoms with Crippen LogP contribution in [-0.4, -0.2) is 36.0 Å². The van der Waals surface area contributed by atoms with Crippen molar-refractivity contribution in [2.45, 2.75) is 63.5 Å². The smallest absolute Gasteiger partial charge is 0.220 e. The highest BCUT2D eigenvalue weighted by Gasteiger charge is 2.40. The predicted molar refractivity (Wildman–Crippen MR) is 74.7 cm³/mol. The topological polar surface area (TPSA) is 32.3 Å². The molecule has 1 saturated heterocycles. The first kappa shape index (κ1) is 12.2. The van der Waals surface area contributed by atoms with Gasteiger partial charge in [0, 0.05) is 31.6 Å². The maximum Gasteiger partial charge on any atom is 0.220 e. The Morgan fingerprint density at radius 1 is 1.11 bits per heavy atom. The first-order valence-corrected chi connectivity index (χ1v) is 8.31. The highest BCUT2D eigenvalue weighted by molar-refractivity contribution is 5.76. The summed E-state index contributed by atoms with van der Waals surface area (Å²) in [6, 6.07) is 1.29. The number of carbonyl (C=O) groups is 1. The van der Waals surface area contributed by atoms with Crippen molar-refractivity contribution in [2.24, 2.45) is 17.8 Å². The zero-order valence-corrected chi connectivity index (χ0v) is 11.8. The summed E-state index contributed by atoms with van der Waals surface area (Å²) in [5.41, 5.74) is 0. The Kier molecular flexibility index (Phi) is 3.06. The van der Waals surface area contributed by atoms with E-state index in [1.165, 1.54) is 51.5 Å². The molecular weight excluding hydrogens is 236 g/mol. The van der Waals surface area contributed by atoms with Gasteiger partial charge in [0.25, 0.3) is 0 Å². The molecule has 0 aromatic heterocycles. The molecule has 4 fully saturated rings. The van der Waals surface area contributed by atoms with E-state index in [0.29, 0.717) is 17.9 Å². The first-order chi connectivity index (χ1) is 9.28. The summed E-state index contributed by atoms with van der Waals surface area (Å²) < 4.78 is 0. The van der Waals surface area contributed by atoms with Crippen LogP contribution in [0.25, 0.3) is 0 Å². The summed E-state index contributed by atoms with van der Waals surface area (Å²) in [6.07, 6.45) is 10.3. The Labute approximate surface area is 116 Å². The molecule has 1 N–H and O–H groups in total. The van der Waals surface area contributed by atoms with Crippen LogP contribution >= 0.6 is 0 Å². The van der Waals surface area contributed by atoms with Gasteiger partial charge in [0.2, 0.25) is 5.91 Å². The lowest BCUT2D eigenvalue weighted by molar-refractivity contribution is -0.123. The predicted octanol–water partition coefficient (Wildman–Crippen LogP) is 2.17. The van der Waals surface area contributed by atoms with Crippen LogP contribution in [0.1, 0.15) is 51.4 Å². The van der Waals surface area contributed by atoms with Crippen molar-refractivity contribution >= 4 is 5.91 Å². The number of fused-ring (bicyclic) bond motifs is 2. The summed E-state index contributed by atoms with van der Waals surface area (Å²) in [5, 5.41) is 3.30. The Bertz CT molecular complexity index is 366. The van der Waals surface area contributed by atoms with Crippen LogP contribution < -0.4 is 5.32 Å². The minimum absolute atomic E-state index is 0.334. The molecule has 4 atom stereocenters. The third-order valence-electron chi connectivity index (χ3n) is 5.98. The number of nitrogens with zero attached hydrogens (tertiary/aromatic N) is 1. The molecule has 4 rings (SSSR count). The molecule has 19 heavy (non-hydrogen) atoms. The molecule has 1 amide bonds. The van der Waals surface area contributed by atoms with Crippen molar-refractivity contribution < 1.29 is 4.79 Å². The van der Waals surface area contributed by atoms with Crippen LogP contribution in [0, 0.1) is 17.8 Å². The van der Waals surface area contributed by atoms with Crippen LogP contribution in [0.4, 0.5) is 0 Å². The van der Waals surface area contributed by atoms with Crippen molar-refractivity contribution in [3.63, 3.8) is 0 Å². The van der Waals surface area contributed by atoms with E-state index in [0.717, 1.165) is 30.8 Å². The second-order valence-electron chi connectivity index (χ2n) is 7.42. The largest absolute Gasteiger partial charge is 0.352 e. The van der Waals surface area contributed by atoms with Crippen LogP contribution in [0.3, 0.4) is 0 Å². The third-order valence-corrected chi connectivity index (χ3v) is 5.98. The SMILES string of the molecule is O=C(C[C@H]1C[C@H]2CC[C@H]1C2)N[C@@H]1CCN(C2CC2)C1. The second-order valence-corrected chi connectivity index (χ2v) is 7.42. The molecule has 2 bridgehead atoms. The van der Waals surface area contributed by atoms with Gasteiger partial charge >= 0.3 is 0 Å². The van der Waals surface area contributed by atoms with Crippen molar-refractivity contribution in [3.8, 4) is 0 Å². The van der Waals surface area contributed by atoms with Crippen molar-refractivity contribution in [3.05, 3.63) is 0 Å². The third kappa shape index (κ3) is 2.54. The van der Waals surface area contributed by atoms with E-state index in [4.69, 9.17) is 0 Å². The molecule has 1 heterocycles. The van der Waals surface area contributed by atoms with Crippen molar-refractivity contribution in [1.29, 1.82) is 0 Å². The highest BCUT2D eigenvalue weighted by Crippen LogP contribution is 2.49. The molecule has 3 saturated carbocycles. The average Bonchev–Trinajstić information content (AvgIpc) is 2.83. The molecule has 0 radical (unpaired) electrons. The van der Waals surface area contributed by atoms with Crippen LogP contribution in [-0.2, 0) is 4.79 Å². The van der Waals surface area contributed by atoms with Gasteiger partial charge in [-0.05, 0) is 56.3 Å². The van der Waals surface area contributed by atoms with E-state index in [1.807, 2.05) is 0 Å². The maximum absolute atomic E-state index is 12.2. The molecule has 4 aliphatic rings. The fraction of sp³-hybridized carbons (Fsp3) is 0.938. The Balaban J connectivity index is 1.23. The minimum Gasteiger partial charge on any atom is -0.352 e. The van der Waals surface area contributed by atoms with Gasteiger partial charge in [-0.2, -0.15) is 0 Å². The van der Waals surface area contributed by atoms with Crippen molar-refractivity contribution in [2.75, 3.05) is 13.1 Å². The fourth-order valence-electron chi connectivity index (χ4n) is 4.83. The van der Waals surface area contributed by atoms with E-state index < -0.39 is 0 Å². The monoisotopic (exact) mass is 262 g/mol. The van der Waals surface area contributed by atoms with Gasteiger partial charge in [0.05, 0.1) is 0 Å². The first-order valence-electron chi connectivity index (χ1n) is 8.31. The summed E-state index contributed by atoms with van der Waals surface area (Å²) in [5.74, 6) is 2.88. The van der Waals surface area contributed by atoms with Gasteiger partial charge < -0.3 is 5.32 Å². The molecule has 0 aromatic carbocycles. The zero-order chi connectivity index (χ0) is 12.8. The van der Waals surface area contributed by atoms with E-state index in [1.54, 1.807) is 0 Å². The molecule has 0 aromatic rings. The number of amides is 1. The second kappa shape index (κ2) is 4.76. The standard InChI is InChI=1S/C16H26N2O/c19-16(9-13-8-11-1-2-12(13)7-11)17-14-5-6-18(10-14)15-3-4-15/h11-15H,1-10H2,(H,17,19)/t11-,12-,13+,14+/m0/s1. The average molecular weight is 262 g/mol. The van der Waals surface area contributed by atoms with E-state index in [-0.39, 0.29) is 0 Å². The highest BCUT2D eigenvalue weighted by atomic mass is 16.1. The van der Waals surface area contributed by atoms with Gasteiger partial charge in [-0.15, -0.1) is 0 Å². The number of hydrogen-bond acceptors (Lipinski definition) is 2. The molecular formula is C16H26N2O. The minimum atomic E-state index is 0.334. The summed E-state index contributed by atoms with van der Waals surface area (Å²) in [7, 11) is 0. The van der Waals surface area contributed by atoms with Crippen LogP contribution in [0.5, 0.6) is 0 Å². The quantitative estimate of drug-likeness (QED) is 0.842. The molecule has 106 valence electrons. The molecule has 1 aliphatic heterocycles. The number of nitrogens with one attached hydrogen (secondary N) is 1. The number of rotatable bonds is 4. The molecule has 0 unspecified atom stereocenters. The molecule has 3 aliphatic carbocycles. The summed E-state index contributed by atoms with van der Waals surface area (Å²) >= 11 is 0. The van der Waals surface area contributed by atoms with Gasteiger partial charge in [-0.25, -0.2) is 0 Å². The summed E-state index contributed by atoms with van der Waals surface area (Å²) in [6.45, 7) is 2.30. The lowest BCUT2D eigenvalue weighted by atomic mass is 9.86. The Morgan fingerprint density at radius 2 is 2.00 bits per heavy atom. The maximum atomic E-state index is 12.2. The Hall–Kier alpha value is -0.570. The normalized spacial score (nSPS) is 41.9. The number of carbonyl (C=O) groups excluding carboxylic acids is 1. The van der Waals surface area contributed by atoms with Crippen LogP contribution in [0.15, 0.2) is 0 Å². The zero-order valence-electron chi connectivity index (χ0n) is 11.8. The lowest BCUT2D eigenvalue weighted by Crippen LogP contribution is -2.38. The number of hydrogen-bond donors (Lipinski definition) is 1. The van der Waals surface area contributed by atoms with E-state index in [2.05, 4.69) is 10.2 Å². The molecule has 0 spiro atoms. The molecule has 3 heteroatoms. The lowest BCUT2D eigenvalue weighted by Gasteiger charge is -2.22. The van der Waals surface area contributed by atoms with Gasteiger partial charge in [0.15, 0.2) is 0 Å². The van der Waals surface area contributed by atoms with Crippen molar-refractivity contribution in [1.82, 2.24) is 10.2 Å². The van der Waals surface area contributed by atoms with E-state index in [9.17, 15) is 4.79 Å². The van der Waals surface area contributed by atoms with Gasteiger partial charge in [0.1, 0.15) is 0 Å². The Morgan fingerprint density at radius 3 is 2.68 bits per heavy atom. The molecule has 3 nitrogen and oxygen atoms in total. The van der Waals surface area contributed by atoms with Gasteiger partial charge in [-0.3, -0.25) is 9.69 Å².